The lowest BCUT2D eigenvalue weighted by molar-refractivity contribution is -0.151. The van der Waals surface area contributed by atoms with Crippen LogP contribution in [0, 0.1) is 0 Å². The molecule has 0 bridgehead atoms. The Hall–Kier alpha value is -0.610. The van der Waals surface area contributed by atoms with Crippen molar-refractivity contribution in [2.75, 3.05) is 6.61 Å². The number of carboxylic acids is 1. The summed E-state index contributed by atoms with van der Waals surface area (Å²) in [5.41, 5.74) is 0. The average Bonchev–Trinajstić information content (AvgIpc) is 2.46. The Bertz CT molecular complexity index is 243. The van der Waals surface area contributed by atoms with Gasteiger partial charge >= 0.3 is 5.97 Å². The third-order valence-corrected chi connectivity index (χ3v) is 3.74. The van der Waals surface area contributed by atoms with E-state index >= 15 is 0 Å². The Morgan fingerprint density at radius 1 is 0.905 bits per heavy atom. The van der Waals surface area contributed by atoms with Gasteiger partial charge in [-0.15, -0.1) is 0 Å². The summed E-state index contributed by atoms with van der Waals surface area (Å²) in [5.74, 6) is -0.846. The van der Waals surface area contributed by atoms with Crippen molar-refractivity contribution < 1.29 is 19.7 Å². The minimum atomic E-state index is -0.846. The Morgan fingerprint density at radius 3 is 2.14 bits per heavy atom. The largest absolute Gasteiger partial charge is 0.479 e. The van der Waals surface area contributed by atoms with Gasteiger partial charge in [-0.25, -0.2) is 4.79 Å². The molecule has 0 aromatic carbocycles. The zero-order chi connectivity index (χ0) is 15.9. The highest BCUT2D eigenvalue weighted by Gasteiger charge is 2.16. The molecule has 0 rings (SSSR count). The molecule has 0 heterocycles. The standard InChI is InChI=1S/C17H34O4/c1-3-5-8-13-16(17(19)20)21-14-10-7-9-12-15(18)11-6-4-2/h15-16,18H,3-14H2,1-2H3,(H,19,20). The minimum Gasteiger partial charge on any atom is -0.479 e. The number of carboxylic acid groups (broad SMARTS) is 1. The normalized spacial score (nSPS) is 14.0. The van der Waals surface area contributed by atoms with Crippen LogP contribution in [-0.2, 0) is 9.53 Å². The van der Waals surface area contributed by atoms with E-state index in [0.717, 1.165) is 64.2 Å². The first-order chi connectivity index (χ1) is 10.1. The number of hydrogen-bond acceptors (Lipinski definition) is 3. The van der Waals surface area contributed by atoms with Gasteiger partial charge in [0.05, 0.1) is 6.10 Å². The maximum atomic E-state index is 11.0. The van der Waals surface area contributed by atoms with Crippen LogP contribution in [0.15, 0.2) is 0 Å². The second-order valence-corrected chi connectivity index (χ2v) is 5.84. The van der Waals surface area contributed by atoms with Crippen molar-refractivity contribution in [1.29, 1.82) is 0 Å². The van der Waals surface area contributed by atoms with Crippen molar-refractivity contribution in [1.82, 2.24) is 0 Å². The van der Waals surface area contributed by atoms with Gasteiger partial charge < -0.3 is 14.9 Å². The first-order valence-electron chi connectivity index (χ1n) is 8.64. The number of aliphatic carboxylic acids is 1. The smallest absolute Gasteiger partial charge is 0.332 e. The molecule has 0 amide bonds. The maximum absolute atomic E-state index is 11.0. The summed E-state index contributed by atoms with van der Waals surface area (Å²) in [4.78, 5) is 11.0. The Kier molecular flexibility index (Phi) is 13.9. The summed E-state index contributed by atoms with van der Waals surface area (Å²) in [6.07, 6.45) is 9.65. The lowest BCUT2D eigenvalue weighted by atomic mass is 10.1. The predicted octanol–water partition coefficient (Wildman–Crippen LogP) is 4.15. The highest BCUT2D eigenvalue weighted by atomic mass is 16.5. The fraction of sp³-hybridized carbons (Fsp3) is 0.941. The molecule has 0 aliphatic rings. The Balaban J connectivity index is 3.55. The third kappa shape index (κ3) is 12.8. The van der Waals surface area contributed by atoms with Gasteiger partial charge in [-0.3, -0.25) is 0 Å². The van der Waals surface area contributed by atoms with Crippen LogP contribution in [0.1, 0.15) is 84.5 Å². The zero-order valence-corrected chi connectivity index (χ0v) is 13.9. The van der Waals surface area contributed by atoms with Gasteiger partial charge in [0, 0.05) is 6.61 Å². The third-order valence-electron chi connectivity index (χ3n) is 3.74. The first kappa shape index (κ1) is 20.4. The van der Waals surface area contributed by atoms with Crippen LogP contribution in [0.4, 0.5) is 0 Å². The predicted molar refractivity (Wildman–Crippen MR) is 85.5 cm³/mol. The van der Waals surface area contributed by atoms with Crippen LogP contribution in [0.3, 0.4) is 0 Å². The highest BCUT2D eigenvalue weighted by Crippen LogP contribution is 2.11. The SMILES string of the molecule is CCCCCC(OCCCCCC(O)CCCC)C(=O)O. The molecule has 0 fully saturated rings. The summed E-state index contributed by atoms with van der Waals surface area (Å²) >= 11 is 0. The van der Waals surface area contributed by atoms with Crippen LogP contribution in [0.2, 0.25) is 0 Å². The van der Waals surface area contributed by atoms with Crippen molar-refractivity contribution in [3.8, 4) is 0 Å². The summed E-state index contributed by atoms with van der Waals surface area (Å²) in [5, 5.41) is 18.8. The molecule has 0 spiro atoms. The van der Waals surface area contributed by atoms with Crippen LogP contribution in [0.25, 0.3) is 0 Å². The van der Waals surface area contributed by atoms with Crippen molar-refractivity contribution in [2.24, 2.45) is 0 Å². The van der Waals surface area contributed by atoms with Crippen molar-refractivity contribution in [2.45, 2.75) is 96.7 Å². The summed E-state index contributed by atoms with van der Waals surface area (Å²) in [7, 11) is 0. The number of unbranched alkanes of at least 4 members (excludes halogenated alkanes) is 5. The Morgan fingerprint density at radius 2 is 1.52 bits per heavy atom. The number of aliphatic hydroxyl groups excluding tert-OH is 1. The topological polar surface area (TPSA) is 66.8 Å². The number of rotatable bonds is 15. The van der Waals surface area contributed by atoms with E-state index in [-0.39, 0.29) is 6.10 Å². The second-order valence-electron chi connectivity index (χ2n) is 5.84. The van der Waals surface area contributed by atoms with E-state index in [9.17, 15) is 9.90 Å². The van der Waals surface area contributed by atoms with Gasteiger partial charge in [0.2, 0.25) is 0 Å². The van der Waals surface area contributed by atoms with E-state index in [0.29, 0.717) is 13.0 Å². The molecule has 0 saturated carbocycles. The molecule has 0 aromatic heterocycles. The Labute approximate surface area is 129 Å². The van der Waals surface area contributed by atoms with E-state index in [1.54, 1.807) is 0 Å². The fourth-order valence-corrected chi connectivity index (χ4v) is 2.33. The second kappa shape index (κ2) is 14.3. The van der Waals surface area contributed by atoms with Gasteiger partial charge in [0.15, 0.2) is 6.10 Å². The van der Waals surface area contributed by atoms with E-state index in [1.165, 1.54) is 0 Å². The van der Waals surface area contributed by atoms with Gasteiger partial charge in [-0.1, -0.05) is 58.8 Å². The quantitative estimate of drug-likeness (QED) is 0.446. The molecule has 0 aliphatic carbocycles. The van der Waals surface area contributed by atoms with Crippen LogP contribution >= 0.6 is 0 Å². The number of carbonyl (C=O) groups is 1. The van der Waals surface area contributed by atoms with Crippen LogP contribution in [0.5, 0.6) is 0 Å². The first-order valence-corrected chi connectivity index (χ1v) is 8.64. The number of ether oxygens (including phenoxy) is 1. The molecule has 0 aliphatic heterocycles. The zero-order valence-electron chi connectivity index (χ0n) is 13.9. The van der Waals surface area contributed by atoms with Crippen molar-refractivity contribution >= 4 is 5.97 Å². The van der Waals surface area contributed by atoms with Gasteiger partial charge in [-0.2, -0.15) is 0 Å². The molecule has 126 valence electrons. The molecular formula is C17H34O4. The van der Waals surface area contributed by atoms with Crippen molar-refractivity contribution in [3.05, 3.63) is 0 Å². The summed E-state index contributed by atoms with van der Waals surface area (Å²) < 4.78 is 5.46. The fourth-order valence-electron chi connectivity index (χ4n) is 2.33. The van der Waals surface area contributed by atoms with Gasteiger partial charge in [0.25, 0.3) is 0 Å². The minimum absolute atomic E-state index is 0.174. The van der Waals surface area contributed by atoms with Gasteiger partial charge in [0.1, 0.15) is 0 Å². The highest BCUT2D eigenvalue weighted by molar-refractivity contribution is 5.72. The van der Waals surface area contributed by atoms with Crippen LogP contribution < -0.4 is 0 Å². The molecule has 2 N–H and O–H groups in total. The molecule has 21 heavy (non-hydrogen) atoms. The summed E-state index contributed by atoms with van der Waals surface area (Å²) in [6, 6.07) is 0. The average molecular weight is 302 g/mol. The van der Waals surface area contributed by atoms with Crippen molar-refractivity contribution in [3.63, 3.8) is 0 Å². The van der Waals surface area contributed by atoms with E-state index in [1.807, 2.05) is 0 Å². The number of hydrogen-bond donors (Lipinski definition) is 2. The lowest BCUT2D eigenvalue weighted by Crippen LogP contribution is -2.24. The molecule has 2 atom stereocenters. The molecule has 0 radical (unpaired) electrons. The molecule has 0 saturated heterocycles. The summed E-state index contributed by atoms with van der Waals surface area (Å²) in [6.45, 7) is 4.74. The lowest BCUT2D eigenvalue weighted by Gasteiger charge is -2.13. The number of aliphatic hydroxyl groups is 1. The molecule has 2 unspecified atom stereocenters. The van der Waals surface area contributed by atoms with Gasteiger partial charge in [-0.05, 0) is 25.7 Å². The van der Waals surface area contributed by atoms with E-state index in [2.05, 4.69) is 13.8 Å². The maximum Gasteiger partial charge on any atom is 0.332 e. The monoisotopic (exact) mass is 302 g/mol. The molecular weight excluding hydrogens is 268 g/mol. The van der Waals surface area contributed by atoms with Crippen LogP contribution in [-0.4, -0.2) is 35.0 Å². The molecule has 4 heteroatoms. The molecule has 0 aromatic rings. The molecule has 4 nitrogen and oxygen atoms in total. The van der Waals surface area contributed by atoms with E-state index < -0.39 is 12.1 Å². The van der Waals surface area contributed by atoms with E-state index in [4.69, 9.17) is 9.84 Å².